The lowest BCUT2D eigenvalue weighted by molar-refractivity contribution is 0.0946. The molecule has 1 aromatic carbocycles. The Balaban J connectivity index is 1.15. The largest absolute Gasteiger partial charge is 0.347 e. The quantitative estimate of drug-likeness (QED) is 0.419. The molecule has 1 spiro atoms. The van der Waals surface area contributed by atoms with Crippen molar-refractivity contribution in [2.45, 2.75) is 51.2 Å². The smallest absolute Gasteiger partial charge is 0.270 e. The zero-order valence-electron chi connectivity index (χ0n) is 19.3. The Morgan fingerprint density at radius 1 is 1.09 bits per heavy atom. The average Bonchev–Trinajstić information content (AvgIpc) is 3.50. The predicted molar refractivity (Wildman–Crippen MR) is 130 cm³/mol. The van der Waals surface area contributed by atoms with Crippen molar-refractivity contribution in [3.05, 3.63) is 87.9 Å². The van der Waals surface area contributed by atoms with Crippen LogP contribution < -0.4 is 16.2 Å². The van der Waals surface area contributed by atoms with E-state index in [-0.39, 0.29) is 17.8 Å². The third-order valence-corrected chi connectivity index (χ3v) is 7.40. The lowest BCUT2D eigenvalue weighted by Crippen LogP contribution is -2.27. The number of hydrogen-bond donors (Lipinski definition) is 2. The molecular formula is C27H26FN5O2. The molecule has 2 aliphatic rings. The third-order valence-electron chi connectivity index (χ3n) is 7.40. The van der Waals surface area contributed by atoms with Gasteiger partial charge in [-0.05, 0) is 73.4 Å². The molecule has 6 rings (SSSR count). The molecule has 2 fully saturated rings. The predicted octanol–water partition coefficient (Wildman–Crippen LogP) is 3.73. The van der Waals surface area contributed by atoms with Crippen LogP contribution in [0.5, 0.6) is 0 Å². The zero-order chi connectivity index (χ0) is 24.0. The summed E-state index contributed by atoms with van der Waals surface area (Å²) in [5, 5.41) is 7.16. The van der Waals surface area contributed by atoms with E-state index in [4.69, 9.17) is 0 Å². The van der Waals surface area contributed by atoms with E-state index in [1.54, 1.807) is 30.5 Å². The maximum absolute atomic E-state index is 14.6. The number of hydrogen-bond acceptors (Lipinski definition) is 5. The van der Waals surface area contributed by atoms with Gasteiger partial charge in [-0.15, -0.1) is 0 Å². The Morgan fingerprint density at radius 2 is 1.97 bits per heavy atom. The minimum Gasteiger partial charge on any atom is -0.347 e. The highest BCUT2D eigenvalue weighted by Gasteiger charge is 2.47. The Labute approximate surface area is 201 Å². The highest BCUT2D eigenvalue weighted by Crippen LogP contribution is 2.57. The number of nitrogens with zero attached hydrogens (tertiary/aromatic N) is 3. The number of benzene rings is 1. The van der Waals surface area contributed by atoms with Crippen molar-refractivity contribution >= 4 is 22.5 Å². The summed E-state index contributed by atoms with van der Waals surface area (Å²) in [5.41, 5.74) is 2.72. The fourth-order valence-corrected chi connectivity index (χ4v) is 5.19. The number of halogens is 1. The first kappa shape index (κ1) is 21.9. The zero-order valence-corrected chi connectivity index (χ0v) is 19.3. The molecule has 2 saturated carbocycles. The summed E-state index contributed by atoms with van der Waals surface area (Å²) < 4.78 is 16.0. The molecule has 3 aromatic heterocycles. The van der Waals surface area contributed by atoms with Crippen LogP contribution in [0.3, 0.4) is 0 Å². The van der Waals surface area contributed by atoms with E-state index in [1.807, 2.05) is 18.2 Å². The van der Waals surface area contributed by atoms with Gasteiger partial charge in [-0.2, -0.15) is 4.39 Å². The highest BCUT2D eigenvalue weighted by atomic mass is 19.1. The number of rotatable bonds is 6. The summed E-state index contributed by atoms with van der Waals surface area (Å²) in [7, 11) is 0. The van der Waals surface area contributed by atoms with Gasteiger partial charge in [0, 0.05) is 42.3 Å². The van der Waals surface area contributed by atoms with Gasteiger partial charge >= 0.3 is 0 Å². The first-order valence-corrected chi connectivity index (χ1v) is 12.1. The maximum Gasteiger partial charge on any atom is 0.270 e. The Kier molecular flexibility index (Phi) is 5.33. The SMILES string of the molecule is O=C(NCc1ccc2nc(F)c(CNC3CCC4(CC4)C3)cc2c1)c1cc(=O)n2ccccc2n1. The molecule has 4 aromatic rings. The van der Waals surface area contributed by atoms with Crippen molar-refractivity contribution in [1.29, 1.82) is 0 Å². The van der Waals surface area contributed by atoms with Gasteiger partial charge in [0.2, 0.25) is 5.95 Å². The van der Waals surface area contributed by atoms with E-state index in [0.717, 1.165) is 17.4 Å². The van der Waals surface area contributed by atoms with E-state index in [2.05, 4.69) is 20.6 Å². The molecule has 0 radical (unpaired) electrons. The summed E-state index contributed by atoms with van der Waals surface area (Å²) in [4.78, 5) is 33.3. The fourth-order valence-electron chi connectivity index (χ4n) is 5.19. The summed E-state index contributed by atoms with van der Waals surface area (Å²) in [6, 6.07) is 14.2. The van der Waals surface area contributed by atoms with E-state index in [0.29, 0.717) is 34.7 Å². The molecule has 35 heavy (non-hydrogen) atoms. The van der Waals surface area contributed by atoms with Gasteiger partial charge < -0.3 is 10.6 Å². The van der Waals surface area contributed by atoms with Gasteiger partial charge in [-0.1, -0.05) is 12.1 Å². The van der Waals surface area contributed by atoms with Gasteiger partial charge in [0.15, 0.2) is 0 Å². The van der Waals surface area contributed by atoms with Crippen molar-refractivity contribution in [2.75, 3.05) is 0 Å². The molecule has 1 atom stereocenters. The van der Waals surface area contributed by atoms with Crippen molar-refractivity contribution in [3.63, 3.8) is 0 Å². The van der Waals surface area contributed by atoms with Gasteiger partial charge in [0.1, 0.15) is 11.3 Å². The lowest BCUT2D eigenvalue weighted by atomic mass is 10.1. The van der Waals surface area contributed by atoms with Crippen LogP contribution in [0.2, 0.25) is 0 Å². The molecule has 0 aliphatic heterocycles. The summed E-state index contributed by atoms with van der Waals surface area (Å²) in [6.07, 6.45) is 7.92. The van der Waals surface area contributed by atoms with E-state index < -0.39 is 11.9 Å². The molecule has 2 aliphatic carbocycles. The lowest BCUT2D eigenvalue weighted by Gasteiger charge is -2.14. The summed E-state index contributed by atoms with van der Waals surface area (Å²) in [6.45, 7) is 0.708. The Morgan fingerprint density at radius 3 is 2.80 bits per heavy atom. The topological polar surface area (TPSA) is 88.4 Å². The number of amides is 1. The summed E-state index contributed by atoms with van der Waals surface area (Å²) in [5.74, 6) is -0.875. The number of aromatic nitrogens is 3. The maximum atomic E-state index is 14.6. The molecule has 1 unspecified atom stereocenters. The number of pyridine rings is 2. The fraction of sp³-hybridized carbons (Fsp3) is 0.333. The standard InChI is InChI=1S/C27H26FN5O2/c28-25-19(16-29-20-6-7-27(14-20)8-9-27)12-18-11-17(4-5-21(18)32-25)15-30-26(35)22-13-24(34)33-10-2-1-3-23(33)31-22/h1-5,10-13,20,29H,6-9,14-16H2,(H,30,35). The molecule has 7 nitrogen and oxygen atoms in total. The van der Waals surface area contributed by atoms with Crippen LogP contribution in [0.1, 0.15) is 53.7 Å². The van der Waals surface area contributed by atoms with Crippen LogP contribution in [0, 0.1) is 11.4 Å². The minimum atomic E-state index is -0.446. The van der Waals surface area contributed by atoms with Crippen LogP contribution in [-0.2, 0) is 13.1 Å². The second-order valence-corrected chi connectivity index (χ2v) is 9.88. The number of carbonyl (C=O) groups is 1. The molecule has 178 valence electrons. The van der Waals surface area contributed by atoms with Crippen LogP contribution in [0.25, 0.3) is 16.6 Å². The van der Waals surface area contributed by atoms with Gasteiger partial charge in [-0.3, -0.25) is 14.0 Å². The highest BCUT2D eigenvalue weighted by molar-refractivity contribution is 5.92. The Hall–Kier alpha value is -3.65. The van der Waals surface area contributed by atoms with E-state index in [1.165, 1.54) is 36.2 Å². The minimum absolute atomic E-state index is 0.0685. The van der Waals surface area contributed by atoms with Crippen LogP contribution in [0.15, 0.2) is 59.5 Å². The molecule has 3 heterocycles. The monoisotopic (exact) mass is 471 g/mol. The van der Waals surface area contributed by atoms with Crippen molar-refractivity contribution < 1.29 is 9.18 Å². The average molecular weight is 472 g/mol. The first-order chi connectivity index (χ1) is 17.0. The number of carbonyl (C=O) groups excluding carboxylic acids is 1. The van der Waals surface area contributed by atoms with E-state index >= 15 is 0 Å². The van der Waals surface area contributed by atoms with E-state index in [9.17, 15) is 14.0 Å². The second-order valence-electron chi connectivity index (χ2n) is 9.88. The number of nitrogens with one attached hydrogen (secondary N) is 2. The molecule has 2 N–H and O–H groups in total. The van der Waals surface area contributed by atoms with Crippen LogP contribution in [-0.4, -0.2) is 26.3 Å². The van der Waals surface area contributed by atoms with Crippen molar-refractivity contribution in [1.82, 2.24) is 25.0 Å². The van der Waals surface area contributed by atoms with Gasteiger partial charge in [-0.25, -0.2) is 9.97 Å². The number of fused-ring (bicyclic) bond motifs is 2. The Bertz CT molecular complexity index is 1510. The van der Waals surface area contributed by atoms with Crippen LogP contribution in [0.4, 0.5) is 4.39 Å². The van der Waals surface area contributed by atoms with Gasteiger partial charge in [0.25, 0.3) is 11.5 Å². The molecule has 0 bridgehead atoms. The molecule has 1 amide bonds. The van der Waals surface area contributed by atoms with Gasteiger partial charge in [0.05, 0.1) is 5.52 Å². The molecule has 0 saturated heterocycles. The first-order valence-electron chi connectivity index (χ1n) is 12.1. The molecular weight excluding hydrogens is 445 g/mol. The molecule has 8 heteroatoms. The third kappa shape index (κ3) is 4.41. The summed E-state index contributed by atoms with van der Waals surface area (Å²) >= 11 is 0. The second kappa shape index (κ2) is 8.53. The van der Waals surface area contributed by atoms with Crippen molar-refractivity contribution in [3.8, 4) is 0 Å². The van der Waals surface area contributed by atoms with Crippen molar-refractivity contribution in [2.24, 2.45) is 5.41 Å². The van der Waals surface area contributed by atoms with Crippen LogP contribution >= 0.6 is 0 Å². The normalized spacial score (nSPS) is 18.4.